The standard InChI is InChI=1S/C16H23NO2/c1-11(2)14-10-12-8-6-7-9-13(12)17(14)15(18)19-16(3,4)5/h6-9,11,14H,10H2,1-5H3/t14-/m1/s1. The number of hydrogen-bond acceptors (Lipinski definition) is 2. The van der Waals surface area contributed by atoms with Crippen molar-refractivity contribution in [2.24, 2.45) is 5.92 Å². The third-order valence-corrected chi connectivity index (χ3v) is 3.37. The van der Waals surface area contributed by atoms with E-state index in [1.165, 1.54) is 5.56 Å². The highest BCUT2D eigenvalue weighted by atomic mass is 16.6. The molecule has 3 heteroatoms. The van der Waals surface area contributed by atoms with Gasteiger partial charge in [-0.25, -0.2) is 4.79 Å². The first kappa shape index (κ1) is 13.9. The lowest BCUT2D eigenvalue weighted by molar-refractivity contribution is 0.0562. The Morgan fingerprint density at radius 2 is 1.95 bits per heavy atom. The molecule has 19 heavy (non-hydrogen) atoms. The van der Waals surface area contributed by atoms with Crippen molar-refractivity contribution >= 4 is 11.8 Å². The lowest BCUT2D eigenvalue weighted by atomic mass is 10.0. The number of anilines is 1. The van der Waals surface area contributed by atoms with Gasteiger partial charge in [-0.05, 0) is 44.7 Å². The van der Waals surface area contributed by atoms with E-state index in [0.717, 1.165) is 12.1 Å². The van der Waals surface area contributed by atoms with Crippen LogP contribution in [-0.4, -0.2) is 17.7 Å². The molecule has 0 fully saturated rings. The maximum Gasteiger partial charge on any atom is 0.415 e. The molecule has 0 spiro atoms. The van der Waals surface area contributed by atoms with Gasteiger partial charge < -0.3 is 4.74 Å². The monoisotopic (exact) mass is 261 g/mol. The molecule has 0 saturated carbocycles. The number of benzene rings is 1. The van der Waals surface area contributed by atoms with Crippen LogP contribution in [0, 0.1) is 5.92 Å². The molecule has 0 radical (unpaired) electrons. The minimum atomic E-state index is -0.462. The van der Waals surface area contributed by atoms with E-state index in [1.807, 2.05) is 43.9 Å². The summed E-state index contributed by atoms with van der Waals surface area (Å²) in [5.41, 5.74) is 1.76. The molecule has 1 aliphatic heterocycles. The maximum absolute atomic E-state index is 12.4. The summed E-state index contributed by atoms with van der Waals surface area (Å²) in [6.07, 6.45) is 0.670. The summed E-state index contributed by atoms with van der Waals surface area (Å²) in [4.78, 5) is 14.3. The molecule has 0 aliphatic carbocycles. The number of amides is 1. The first-order chi connectivity index (χ1) is 8.79. The Morgan fingerprint density at radius 3 is 2.53 bits per heavy atom. The van der Waals surface area contributed by atoms with Gasteiger partial charge in [0.05, 0.1) is 5.69 Å². The van der Waals surface area contributed by atoms with Crippen molar-refractivity contribution < 1.29 is 9.53 Å². The Kier molecular flexibility index (Phi) is 3.57. The minimum Gasteiger partial charge on any atom is -0.443 e. The molecule has 1 amide bonds. The topological polar surface area (TPSA) is 29.5 Å². The predicted octanol–water partition coefficient (Wildman–Crippen LogP) is 4.01. The van der Waals surface area contributed by atoms with Crippen molar-refractivity contribution in [3.05, 3.63) is 29.8 Å². The Hall–Kier alpha value is -1.51. The van der Waals surface area contributed by atoms with E-state index in [2.05, 4.69) is 19.9 Å². The Balaban J connectivity index is 2.31. The summed E-state index contributed by atoms with van der Waals surface area (Å²) in [5.74, 6) is 0.403. The molecule has 104 valence electrons. The zero-order valence-electron chi connectivity index (χ0n) is 12.4. The van der Waals surface area contributed by atoms with Crippen molar-refractivity contribution in [1.82, 2.24) is 0 Å². The second-order valence-electron chi connectivity index (χ2n) is 6.49. The zero-order chi connectivity index (χ0) is 14.2. The van der Waals surface area contributed by atoms with E-state index in [4.69, 9.17) is 4.74 Å². The number of carbonyl (C=O) groups excluding carboxylic acids is 1. The number of nitrogens with zero attached hydrogens (tertiary/aromatic N) is 1. The number of rotatable bonds is 1. The Bertz CT molecular complexity index is 474. The lowest BCUT2D eigenvalue weighted by Gasteiger charge is -2.31. The highest BCUT2D eigenvalue weighted by Crippen LogP contribution is 2.36. The second-order valence-corrected chi connectivity index (χ2v) is 6.49. The quantitative estimate of drug-likeness (QED) is 0.764. The lowest BCUT2D eigenvalue weighted by Crippen LogP contribution is -2.43. The van der Waals surface area contributed by atoms with Crippen LogP contribution in [0.15, 0.2) is 24.3 Å². The van der Waals surface area contributed by atoms with Crippen LogP contribution < -0.4 is 4.90 Å². The molecule has 1 atom stereocenters. The molecule has 0 unspecified atom stereocenters. The average molecular weight is 261 g/mol. The molecule has 0 N–H and O–H groups in total. The largest absolute Gasteiger partial charge is 0.443 e. The first-order valence-electron chi connectivity index (χ1n) is 6.89. The molecule has 1 aromatic rings. The summed E-state index contributed by atoms with van der Waals surface area (Å²) in [5, 5.41) is 0. The van der Waals surface area contributed by atoms with Crippen LogP contribution in [0.3, 0.4) is 0 Å². The van der Waals surface area contributed by atoms with E-state index in [1.54, 1.807) is 0 Å². The maximum atomic E-state index is 12.4. The molecule has 0 saturated heterocycles. The van der Waals surface area contributed by atoms with Gasteiger partial charge in [0.2, 0.25) is 0 Å². The molecule has 0 bridgehead atoms. The SMILES string of the molecule is CC(C)[C@H]1Cc2ccccc2N1C(=O)OC(C)(C)C. The van der Waals surface area contributed by atoms with Crippen LogP contribution >= 0.6 is 0 Å². The molecule has 1 aliphatic rings. The van der Waals surface area contributed by atoms with Crippen LogP contribution in [-0.2, 0) is 11.2 Å². The van der Waals surface area contributed by atoms with Crippen LogP contribution in [0.25, 0.3) is 0 Å². The van der Waals surface area contributed by atoms with Crippen molar-refractivity contribution in [2.75, 3.05) is 4.90 Å². The predicted molar refractivity (Wildman–Crippen MR) is 77.5 cm³/mol. The number of fused-ring (bicyclic) bond motifs is 1. The van der Waals surface area contributed by atoms with Crippen LogP contribution in [0.4, 0.5) is 10.5 Å². The fourth-order valence-corrected chi connectivity index (χ4v) is 2.49. The third kappa shape index (κ3) is 2.91. The smallest absolute Gasteiger partial charge is 0.415 e. The molecular formula is C16H23NO2. The molecule has 1 aromatic carbocycles. The number of para-hydroxylation sites is 1. The Morgan fingerprint density at radius 1 is 1.32 bits per heavy atom. The van der Waals surface area contributed by atoms with Gasteiger partial charge in [-0.15, -0.1) is 0 Å². The minimum absolute atomic E-state index is 0.187. The van der Waals surface area contributed by atoms with Crippen LogP contribution in [0.1, 0.15) is 40.2 Å². The first-order valence-corrected chi connectivity index (χ1v) is 6.89. The Labute approximate surface area is 115 Å². The van der Waals surface area contributed by atoms with Gasteiger partial charge in [0, 0.05) is 6.04 Å². The zero-order valence-corrected chi connectivity index (χ0v) is 12.4. The summed E-state index contributed by atoms with van der Waals surface area (Å²) in [6.45, 7) is 9.99. The van der Waals surface area contributed by atoms with Gasteiger partial charge in [0.15, 0.2) is 0 Å². The molecule has 1 heterocycles. The van der Waals surface area contributed by atoms with E-state index >= 15 is 0 Å². The van der Waals surface area contributed by atoms with Crippen LogP contribution in [0.5, 0.6) is 0 Å². The average Bonchev–Trinajstić information content (AvgIpc) is 2.65. The van der Waals surface area contributed by atoms with Crippen molar-refractivity contribution in [2.45, 2.75) is 52.7 Å². The van der Waals surface area contributed by atoms with Crippen molar-refractivity contribution in [1.29, 1.82) is 0 Å². The van der Waals surface area contributed by atoms with Crippen molar-refractivity contribution in [3.8, 4) is 0 Å². The van der Waals surface area contributed by atoms with E-state index < -0.39 is 5.60 Å². The fraction of sp³-hybridized carbons (Fsp3) is 0.562. The molecular weight excluding hydrogens is 238 g/mol. The summed E-state index contributed by atoms with van der Waals surface area (Å²) < 4.78 is 5.55. The van der Waals surface area contributed by atoms with Crippen LogP contribution in [0.2, 0.25) is 0 Å². The van der Waals surface area contributed by atoms with Gasteiger partial charge in [0.1, 0.15) is 5.60 Å². The molecule has 3 nitrogen and oxygen atoms in total. The molecule has 2 rings (SSSR count). The van der Waals surface area contributed by atoms with Gasteiger partial charge in [-0.1, -0.05) is 32.0 Å². The highest BCUT2D eigenvalue weighted by Gasteiger charge is 2.37. The van der Waals surface area contributed by atoms with E-state index in [-0.39, 0.29) is 12.1 Å². The summed E-state index contributed by atoms with van der Waals surface area (Å²) in [7, 11) is 0. The summed E-state index contributed by atoms with van der Waals surface area (Å²) in [6, 6.07) is 8.28. The normalized spacial score (nSPS) is 18.6. The fourth-order valence-electron chi connectivity index (χ4n) is 2.49. The molecule has 0 aromatic heterocycles. The van der Waals surface area contributed by atoms with Gasteiger partial charge in [-0.3, -0.25) is 4.90 Å². The van der Waals surface area contributed by atoms with Gasteiger partial charge >= 0.3 is 6.09 Å². The van der Waals surface area contributed by atoms with E-state index in [9.17, 15) is 4.79 Å². The number of hydrogen-bond donors (Lipinski definition) is 0. The van der Waals surface area contributed by atoms with Crippen molar-refractivity contribution in [3.63, 3.8) is 0 Å². The number of carbonyl (C=O) groups is 1. The third-order valence-electron chi connectivity index (χ3n) is 3.37. The number of ether oxygens (including phenoxy) is 1. The second kappa shape index (κ2) is 4.87. The van der Waals surface area contributed by atoms with Gasteiger partial charge in [0.25, 0.3) is 0 Å². The van der Waals surface area contributed by atoms with Gasteiger partial charge in [-0.2, -0.15) is 0 Å². The highest BCUT2D eigenvalue weighted by molar-refractivity contribution is 5.91. The van der Waals surface area contributed by atoms with E-state index in [0.29, 0.717) is 5.92 Å². The summed E-state index contributed by atoms with van der Waals surface area (Å²) >= 11 is 0.